The predicted octanol–water partition coefficient (Wildman–Crippen LogP) is 4.77. The highest BCUT2D eigenvalue weighted by molar-refractivity contribution is 5.99. The Kier molecular flexibility index (Phi) is 11.1. The number of rotatable bonds is 12. The molecule has 1 fully saturated rings. The molecule has 0 atom stereocenters. The maximum absolute atomic E-state index is 15.8. The third-order valence-corrected chi connectivity index (χ3v) is 9.37. The van der Waals surface area contributed by atoms with Gasteiger partial charge in [0.2, 0.25) is 11.8 Å². The van der Waals surface area contributed by atoms with Gasteiger partial charge in [-0.1, -0.05) is 42.5 Å². The first kappa shape index (κ1) is 36.0. The van der Waals surface area contributed by atoms with Crippen molar-refractivity contribution < 1.29 is 33.0 Å². The molecule has 1 aliphatic heterocycles. The Bertz CT molecular complexity index is 2090. The summed E-state index contributed by atoms with van der Waals surface area (Å²) in [5, 5.41) is 13.4. The molecule has 0 saturated carbocycles. The largest absolute Gasteiger partial charge is 0.465 e. The van der Waals surface area contributed by atoms with Crippen LogP contribution in [0.4, 0.5) is 9.18 Å². The number of carbonyl (C=O) groups is 4. The average Bonchev–Trinajstić information content (AvgIpc) is 3.71. The summed E-state index contributed by atoms with van der Waals surface area (Å²) in [6.07, 6.45) is 2.28. The van der Waals surface area contributed by atoms with Crippen molar-refractivity contribution in [2.75, 3.05) is 39.3 Å². The summed E-state index contributed by atoms with van der Waals surface area (Å²) in [6.45, 7) is 4.08. The number of hydrogen-bond acceptors (Lipinski definition) is 8. The minimum atomic E-state index is -0.712. The normalized spacial score (nSPS) is 13.3. The summed E-state index contributed by atoms with van der Waals surface area (Å²) in [7, 11) is 1.81. The van der Waals surface area contributed by atoms with Gasteiger partial charge in [0.1, 0.15) is 25.5 Å². The number of carbonyl (C=O) groups excluding carboxylic acids is 4. The van der Waals surface area contributed by atoms with Crippen LogP contribution in [0.5, 0.6) is 0 Å². The van der Waals surface area contributed by atoms with Crippen LogP contribution >= 0.6 is 0 Å². The van der Waals surface area contributed by atoms with E-state index in [4.69, 9.17) is 14.6 Å². The zero-order chi connectivity index (χ0) is 36.8. The number of nitrogens with one attached hydrogen (secondary N) is 1. The van der Waals surface area contributed by atoms with E-state index in [-0.39, 0.29) is 57.0 Å². The number of benzene rings is 3. The SMILES string of the molecule is CCOC(=O)CNC(=O)CN(CCn1nc(C2CCN(C(C)=O)CC2)c2c(-c3cc4c(cnn4C)cc3F)cccc21)C(=O)OCc1ccccc1. The van der Waals surface area contributed by atoms with E-state index < -0.39 is 18.0 Å². The van der Waals surface area contributed by atoms with Gasteiger partial charge in [-0.3, -0.25) is 28.6 Å². The van der Waals surface area contributed by atoms with E-state index in [0.717, 1.165) is 27.7 Å². The Balaban J connectivity index is 1.33. The van der Waals surface area contributed by atoms with Crippen LogP contribution in [0.1, 0.15) is 43.9 Å². The van der Waals surface area contributed by atoms with Crippen LogP contribution in [0.2, 0.25) is 0 Å². The molecular formula is C38H42FN7O6. The number of aromatic nitrogens is 4. The molecule has 0 unspecified atom stereocenters. The van der Waals surface area contributed by atoms with E-state index in [9.17, 15) is 19.2 Å². The summed E-state index contributed by atoms with van der Waals surface area (Å²) < 4.78 is 29.8. The first-order chi connectivity index (χ1) is 25.1. The second-order valence-electron chi connectivity index (χ2n) is 12.8. The van der Waals surface area contributed by atoms with Crippen LogP contribution in [-0.2, 0) is 44.1 Å². The second-order valence-corrected chi connectivity index (χ2v) is 12.8. The molecule has 0 spiro atoms. The van der Waals surface area contributed by atoms with Gasteiger partial charge >= 0.3 is 12.1 Å². The van der Waals surface area contributed by atoms with Gasteiger partial charge in [0.05, 0.1) is 36.1 Å². The van der Waals surface area contributed by atoms with Crippen LogP contribution in [0.25, 0.3) is 32.9 Å². The van der Waals surface area contributed by atoms with E-state index in [1.165, 1.54) is 11.0 Å². The number of likely N-dealkylation sites (tertiary alicyclic amines) is 1. The zero-order valence-corrected chi connectivity index (χ0v) is 29.5. The topological polar surface area (TPSA) is 141 Å². The molecule has 1 saturated heterocycles. The van der Waals surface area contributed by atoms with Crippen LogP contribution in [-0.4, -0.2) is 92.6 Å². The number of hydrogen-bond donors (Lipinski definition) is 1. The highest BCUT2D eigenvalue weighted by Crippen LogP contribution is 2.39. The summed E-state index contributed by atoms with van der Waals surface area (Å²) in [6, 6.07) is 18.1. The molecule has 3 heterocycles. The fraction of sp³-hybridized carbons (Fsp3) is 0.368. The number of fused-ring (bicyclic) bond motifs is 2. The van der Waals surface area contributed by atoms with Crippen molar-refractivity contribution in [3.63, 3.8) is 0 Å². The number of esters is 1. The highest BCUT2D eigenvalue weighted by Gasteiger charge is 2.29. The zero-order valence-electron chi connectivity index (χ0n) is 29.5. The minimum absolute atomic E-state index is 0.00432. The average molecular weight is 712 g/mol. The van der Waals surface area contributed by atoms with Gasteiger partial charge in [-0.05, 0) is 49.1 Å². The van der Waals surface area contributed by atoms with Gasteiger partial charge in [0.25, 0.3) is 0 Å². The van der Waals surface area contributed by atoms with Crippen molar-refractivity contribution in [3.8, 4) is 11.1 Å². The fourth-order valence-corrected chi connectivity index (χ4v) is 6.66. The molecular weight excluding hydrogens is 669 g/mol. The van der Waals surface area contributed by atoms with E-state index >= 15 is 4.39 Å². The molecule has 0 radical (unpaired) electrons. The third kappa shape index (κ3) is 8.06. The first-order valence-corrected chi connectivity index (χ1v) is 17.4. The van der Waals surface area contributed by atoms with Crippen molar-refractivity contribution in [2.45, 2.75) is 45.8 Å². The third-order valence-electron chi connectivity index (χ3n) is 9.37. The number of aryl methyl sites for hydroxylation is 1. The smallest absolute Gasteiger partial charge is 0.410 e. The van der Waals surface area contributed by atoms with Crippen molar-refractivity contribution >= 4 is 45.7 Å². The van der Waals surface area contributed by atoms with Gasteiger partial charge in [0, 0.05) is 55.9 Å². The molecule has 1 N–H and O–H groups in total. The Morgan fingerprint density at radius 1 is 0.981 bits per heavy atom. The fourth-order valence-electron chi connectivity index (χ4n) is 6.66. The molecule has 2 aromatic heterocycles. The Morgan fingerprint density at radius 3 is 2.48 bits per heavy atom. The lowest BCUT2D eigenvalue weighted by atomic mass is 9.89. The molecule has 3 amide bonds. The molecule has 3 aromatic carbocycles. The molecule has 0 bridgehead atoms. The van der Waals surface area contributed by atoms with Crippen LogP contribution in [0.3, 0.4) is 0 Å². The Labute approximate surface area is 300 Å². The van der Waals surface area contributed by atoms with Crippen LogP contribution < -0.4 is 5.32 Å². The summed E-state index contributed by atoms with van der Waals surface area (Å²) in [4.78, 5) is 53.4. The monoisotopic (exact) mass is 711 g/mol. The first-order valence-electron chi connectivity index (χ1n) is 17.4. The van der Waals surface area contributed by atoms with E-state index in [2.05, 4.69) is 10.4 Å². The molecule has 6 rings (SSSR count). The number of piperidine rings is 1. The molecule has 52 heavy (non-hydrogen) atoms. The van der Waals surface area contributed by atoms with Gasteiger partial charge in [0.15, 0.2) is 0 Å². The maximum atomic E-state index is 15.8. The molecule has 13 nitrogen and oxygen atoms in total. The lowest BCUT2D eigenvalue weighted by Gasteiger charge is -2.30. The second kappa shape index (κ2) is 16.0. The predicted molar refractivity (Wildman–Crippen MR) is 191 cm³/mol. The van der Waals surface area contributed by atoms with Crippen molar-refractivity contribution in [2.24, 2.45) is 7.05 Å². The number of halogens is 1. The van der Waals surface area contributed by atoms with E-state index in [1.54, 1.807) is 35.5 Å². The van der Waals surface area contributed by atoms with Crippen molar-refractivity contribution in [1.29, 1.82) is 0 Å². The molecule has 0 aliphatic carbocycles. The molecule has 14 heteroatoms. The summed E-state index contributed by atoms with van der Waals surface area (Å²) in [5.74, 6) is -1.53. The number of amides is 3. The quantitative estimate of drug-likeness (QED) is 0.183. The standard InChI is InChI=1S/C38H42FN7O6/c1-4-51-35(49)22-40-34(48)23-45(38(50)52-24-26-9-6-5-7-10-26)17-18-46-32-12-8-11-29(30-20-33-28(19-31(30)39)21-41-43(33)3)36(32)37(42-46)27-13-15-44(16-14-27)25(2)47/h5-12,19-21,27H,4,13-18,22-24H2,1-3H3,(H,40,48). The van der Waals surface area contributed by atoms with Crippen LogP contribution in [0.15, 0.2) is 66.9 Å². The number of nitrogens with zero attached hydrogens (tertiary/aromatic N) is 6. The van der Waals surface area contributed by atoms with Crippen molar-refractivity contribution in [1.82, 2.24) is 34.7 Å². The maximum Gasteiger partial charge on any atom is 0.410 e. The number of ether oxygens (including phenoxy) is 2. The van der Waals surface area contributed by atoms with Crippen LogP contribution in [0, 0.1) is 5.82 Å². The lowest BCUT2D eigenvalue weighted by molar-refractivity contribution is -0.143. The summed E-state index contributed by atoms with van der Waals surface area (Å²) >= 11 is 0. The molecule has 272 valence electrons. The minimum Gasteiger partial charge on any atom is -0.465 e. The van der Waals surface area contributed by atoms with E-state index in [0.29, 0.717) is 42.4 Å². The molecule has 5 aromatic rings. The summed E-state index contributed by atoms with van der Waals surface area (Å²) in [5.41, 5.74) is 4.16. The van der Waals surface area contributed by atoms with Gasteiger partial charge in [-0.25, -0.2) is 9.18 Å². The van der Waals surface area contributed by atoms with E-state index in [1.807, 2.05) is 60.5 Å². The Morgan fingerprint density at radius 2 is 1.75 bits per heavy atom. The molecule has 1 aliphatic rings. The van der Waals surface area contributed by atoms with Gasteiger partial charge in [-0.15, -0.1) is 0 Å². The highest BCUT2D eigenvalue weighted by atomic mass is 19.1. The van der Waals surface area contributed by atoms with Gasteiger partial charge < -0.3 is 19.7 Å². The lowest BCUT2D eigenvalue weighted by Crippen LogP contribution is -2.43. The Hall–Kier alpha value is -5.79. The van der Waals surface area contributed by atoms with Gasteiger partial charge in [-0.2, -0.15) is 10.2 Å². The van der Waals surface area contributed by atoms with Crippen molar-refractivity contribution in [3.05, 3.63) is 83.9 Å².